The molecule has 1 rings (SSSR count). The highest BCUT2D eigenvalue weighted by Gasteiger charge is 2.18. The van der Waals surface area contributed by atoms with E-state index in [4.69, 9.17) is 5.11 Å². The van der Waals surface area contributed by atoms with Gasteiger partial charge < -0.3 is 15.5 Å². The van der Waals surface area contributed by atoms with E-state index in [1.54, 1.807) is 0 Å². The summed E-state index contributed by atoms with van der Waals surface area (Å²) < 4.78 is 0. The van der Waals surface area contributed by atoms with Crippen LogP contribution >= 0.6 is 0 Å². The Hall–Kier alpha value is -2.37. The van der Waals surface area contributed by atoms with E-state index in [9.17, 15) is 19.5 Å². The highest BCUT2D eigenvalue weighted by atomic mass is 16.4. The molecule has 1 amide bonds. The van der Waals surface area contributed by atoms with Crippen LogP contribution in [-0.4, -0.2) is 28.1 Å². The summed E-state index contributed by atoms with van der Waals surface area (Å²) in [5, 5.41) is 21.2. The van der Waals surface area contributed by atoms with Gasteiger partial charge >= 0.3 is 11.9 Å². The van der Waals surface area contributed by atoms with Gasteiger partial charge in [-0.25, -0.2) is 0 Å². The van der Waals surface area contributed by atoms with Crippen LogP contribution in [0, 0.1) is 5.92 Å². The van der Waals surface area contributed by atoms with E-state index >= 15 is 0 Å². The Morgan fingerprint density at radius 2 is 1.67 bits per heavy atom. The van der Waals surface area contributed by atoms with E-state index in [0.29, 0.717) is 12.8 Å². The number of nitrogens with one attached hydrogen (secondary N) is 1. The second-order valence-corrected chi connectivity index (χ2v) is 8.30. The van der Waals surface area contributed by atoms with Gasteiger partial charge in [0.1, 0.15) is 0 Å². The van der Waals surface area contributed by atoms with Gasteiger partial charge in [-0.3, -0.25) is 14.4 Å². The Bertz CT molecular complexity index is 701. The average Bonchev–Trinajstić information content (AvgIpc) is 2.64. The van der Waals surface area contributed by atoms with E-state index in [1.165, 1.54) is 26.2 Å². The second kappa shape index (κ2) is 13.8. The molecule has 0 saturated heterocycles. The van der Waals surface area contributed by atoms with Crippen LogP contribution in [0.2, 0.25) is 0 Å². The number of carbonyl (C=O) groups excluding carboxylic acids is 1. The first kappa shape index (κ1) is 25.7. The largest absolute Gasteiger partial charge is 0.481 e. The van der Waals surface area contributed by atoms with E-state index < -0.39 is 11.9 Å². The number of hydrogen-bond acceptors (Lipinski definition) is 3. The molecule has 0 aliphatic heterocycles. The molecule has 0 saturated carbocycles. The predicted octanol–water partition coefficient (Wildman–Crippen LogP) is 4.89. The molecular formula is C24H37NO5. The Balaban J connectivity index is 2.95. The van der Waals surface area contributed by atoms with Crippen molar-refractivity contribution >= 4 is 17.8 Å². The number of amides is 1. The Labute approximate surface area is 180 Å². The fourth-order valence-corrected chi connectivity index (χ4v) is 3.77. The molecular weight excluding hydrogens is 382 g/mol. The third kappa shape index (κ3) is 10.4. The molecule has 0 aromatic heterocycles. The van der Waals surface area contributed by atoms with Crippen LogP contribution < -0.4 is 5.32 Å². The first-order chi connectivity index (χ1) is 14.2. The molecule has 0 fully saturated rings. The lowest BCUT2D eigenvalue weighted by Gasteiger charge is -2.22. The Morgan fingerprint density at radius 3 is 2.27 bits per heavy atom. The van der Waals surface area contributed by atoms with Crippen molar-refractivity contribution in [3.63, 3.8) is 0 Å². The maximum absolute atomic E-state index is 11.7. The van der Waals surface area contributed by atoms with Gasteiger partial charge in [0.15, 0.2) is 0 Å². The zero-order chi connectivity index (χ0) is 22.5. The summed E-state index contributed by atoms with van der Waals surface area (Å²) in [6.07, 6.45) is 7.95. The molecule has 6 heteroatoms. The van der Waals surface area contributed by atoms with Crippen molar-refractivity contribution < 1.29 is 24.6 Å². The zero-order valence-electron chi connectivity index (χ0n) is 18.6. The quantitative estimate of drug-likeness (QED) is 0.351. The highest BCUT2D eigenvalue weighted by molar-refractivity contribution is 5.73. The van der Waals surface area contributed by atoms with Crippen molar-refractivity contribution in [2.75, 3.05) is 0 Å². The number of carbonyl (C=O) groups is 3. The van der Waals surface area contributed by atoms with Gasteiger partial charge in [0.05, 0.1) is 12.5 Å². The first-order valence-corrected chi connectivity index (χ1v) is 11.0. The summed E-state index contributed by atoms with van der Waals surface area (Å²) in [4.78, 5) is 34.0. The van der Waals surface area contributed by atoms with Crippen LogP contribution in [0.25, 0.3) is 0 Å². The van der Waals surface area contributed by atoms with Gasteiger partial charge in [0, 0.05) is 13.3 Å². The van der Waals surface area contributed by atoms with Crippen molar-refractivity contribution in [1.29, 1.82) is 0 Å². The lowest BCUT2D eigenvalue weighted by atomic mass is 9.91. The summed E-state index contributed by atoms with van der Waals surface area (Å²) in [5.41, 5.74) is 2.72. The van der Waals surface area contributed by atoms with Crippen LogP contribution in [0.5, 0.6) is 0 Å². The number of aliphatic carboxylic acids is 2. The van der Waals surface area contributed by atoms with Crippen LogP contribution in [-0.2, 0) is 27.2 Å². The van der Waals surface area contributed by atoms with Crippen molar-refractivity contribution in [3.05, 3.63) is 34.9 Å². The molecule has 0 heterocycles. The molecule has 3 N–H and O–H groups in total. The van der Waals surface area contributed by atoms with Crippen molar-refractivity contribution in [3.8, 4) is 0 Å². The smallest absolute Gasteiger partial charge is 0.307 e. The van der Waals surface area contributed by atoms with Gasteiger partial charge in [-0.05, 0) is 48.3 Å². The van der Waals surface area contributed by atoms with Crippen LogP contribution in [0.1, 0.15) is 94.9 Å². The van der Waals surface area contributed by atoms with Gasteiger partial charge in [-0.15, -0.1) is 0 Å². The third-order valence-electron chi connectivity index (χ3n) is 5.37. The lowest BCUT2D eigenvalue weighted by Crippen LogP contribution is -2.27. The number of carboxylic acids is 2. The number of carboxylic acid groups (broad SMARTS) is 2. The summed E-state index contributed by atoms with van der Waals surface area (Å²) in [6.45, 7) is 5.52. The zero-order valence-corrected chi connectivity index (χ0v) is 18.6. The van der Waals surface area contributed by atoms with Gasteiger partial charge in [0.25, 0.3) is 0 Å². The van der Waals surface area contributed by atoms with Crippen LogP contribution in [0.4, 0.5) is 0 Å². The monoisotopic (exact) mass is 419 g/mol. The molecule has 6 nitrogen and oxygen atoms in total. The predicted molar refractivity (Wildman–Crippen MR) is 117 cm³/mol. The van der Waals surface area contributed by atoms with E-state index in [0.717, 1.165) is 36.0 Å². The maximum atomic E-state index is 11.7. The highest BCUT2D eigenvalue weighted by Crippen LogP contribution is 2.26. The molecule has 1 aromatic rings. The summed E-state index contributed by atoms with van der Waals surface area (Å²) in [5.74, 6) is -1.86. The molecule has 30 heavy (non-hydrogen) atoms. The Morgan fingerprint density at radius 1 is 0.967 bits per heavy atom. The van der Waals surface area contributed by atoms with E-state index in [1.807, 2.05) is 25.1 Å². The van der Waals surface area contributed by atoms with Gasteiger partial charge in [-0.1, -0.05) is 57.7 Å². The van der Waals surface area contributed by atoms with E-state index in [2.05, 4.69) is 12.2 Å². The molecule has 0 radical (unpaired) electrons. The molecule has 1 aromatic carbocycles. The SMILES string of the molecule is CCCCCCCc1ccc(C(CCC(C)CC(=O)O)NC(C)=O)cc1CC(=O)O. The summed E-state index contributed by atoms with van der Waals surface area (Å²) in [7, 11) is 0. The minimum Gasteiger partial charge on any atom is -0.481 e. The van der Waals surface area contributed by atoms with Crippen molar-refractivity contribution in [1.82, 2.24) is 5.32 Å². The molecule has 168 valence electrons. The number of rotatable bonds is 15. The standard InChI is InChI=1S/C24H37NO5/c1-4-5-6-7-8-9-19-11-12-20(15-21(19)16-24(29)30)22(25-18(3)26)13-10-17(2)14-23(27)28/h11-12,15,17,22H,4-10,13-14,16H2,1-3H3,(H,25,26)(H,27,28)(H,29,30). The molecule has 0 bridgehead atoms. The fraction of sp³-hybridized carbons (Fsp3) is 0.625. The molecule has 2 atom stereocenters. The summed E-state index contributed by atoms with van der Waals surface area (Å²) in [6, 6.07) is 5.60. The molecule has 0 aliphatic rings. The molecule has 0 spiro atoms. The average molecular weight is 420 g/mol. The lowest BCUT2D eigenvalue weighted by molar-refractivity contribution is -0.138. The van der Waals surface area contributed by atoms with Gasteiger partial charge in [-0.2, -0.15) is 0 Å². The van der Waals surface area contributed by atoms with Crippen molar-refractivity contribution in [2.24, 2.45) is 5.92 Å². The summed E-state index contributed by atoms with van der Waals surface area (Å²) >= 11 is 0. The molecule has 0 aliphatic carbocycles. The van der Waals surface area contributed by atoms with Gasteiger partial charge in [0.2, 0.25) is 5.91 Å². The minimum atomic E-state index is -0.870. The second-order valence-electron chi connectivity index (χ2n) is 8.30. The number of aryl methyl sites for hydroxylation is 1. The first-order valence-electron chi connectivity index (χ1n) is 11.0. The molecule has 2 unspecified atom stereocenters. The number of benzene rings is 1. The van der Waals surface area contributed by atoms with Crippen LogP contribution in [0.3, 0.4) is 0 Å². The number of unbranched alkanes of at least 4 members (excludes halogenated alkanes) is 4. The topological polar surface area (TPSA) is 104 Å². The van der Waals surface area contributed by atoms with Crippen LogP contribution in [0.15, 0.2) is 18.2 Å². The van der Waals surface area contributed by atoms with Crippen molar-refractivity contribution in [2.45, 2.75) is 91.0 Å². The minimum absolute atomic E-state index is 0.000331. The Kier molecular flexibility index (Phi) is 11.8. The maximum Gasteiger partial charge on any atom is 0.307 e. The normalized spacial score (nSPS) is 12.9. The number of hydrogen-bond donors (Lipinski definition) is 3. The third-order valence-corrected chi connectivity index (χ3v) is 5.37. The van der Waals surface area contributed by atoms with E-state index in [-0.39, 0.29) is 30.7 Å². The fourth-order valence-electron chi connectivity index (χ4n) is 3.77.